The monoisotopic (exact) mass is 256 g/mol. The molecule has 0 bridgehead atoms. The van der Waals surface area contributed by atoms with Gasteiger partial charge in [0.15, 0.2) is 0 Å². The summed E-state index contributed by atoms with van der Waals surface area (Å²) in [5.74, 6) is 0. The first-order valence-electron chi connectivity index (χ1n) is 6.85. The van der Waals surface area contributed by atoms with E-state index in [0.29, 0.717) is 6.17 Å². The van der Waals surface area contributed by atoms with Crippen LogP contribution in [-0.2, 0) is 10.2 Å². The van der Waals surface area contributed by atoms with Crippen molar-refractivity contribution in [1.82, 2.24) is 4.90 Å². The second-order valence-corrected chi connectivity index (χ2v) is 5.75. The van der Waals surface area contributed by atoms with Gasteiger partial charge in [0.1, 0.15) is 6.29 Å². The third kappa shape index (κ3) is 1.80. The van der Waals surface area contributed by atoms with E-state index in [0.717, 1.165) is 31.2 Å². The number of anilines is 1. The second-order valence-electron chi connectivity index (χ2n) is 5.75. The Morgan fingerprint density at radius 3 is 3.11 bits per heavy atom. The number of aldehydes is 1. The van der Waals surface area contributed by atoms with Crippen molar-refractivity contribution in [3.63, 3.8) is 0 Å². The van der Waals surface area contributed by atoms with E-state index >= 15 is 0 Å². The summed E-state index contributed by atoms with van der Waals surface area (Å²) in [6.45, 7) is 2.98. The summed E-state index contributed by atoms with van der Waals surface area (Å²) in [5, 5.41) is 3.64. The number of hydrogen-bond donors (Lipinski definition) is 1. The highest BCUT2D eigenvalue weighted by atomic mass is 16.1. The molecule has 2 atom stereocenters. The Hall–Kier alpha value is -1.61. The van der Waals surface area contributed by atoms with E-state index in [1.807, 2.05) is 6.92 Å². The van der Waals surface area contributed by atoms with Gasteiger partial charge in [0.2, 0.25) is 0 Å². The number of carbonyl (C=O) groups excluding carboxylic acids is 1. The second kappa shape index (κ2) is 4.49. The molecule has 3 nitrogen and oxygen atoms in total. The van der Waals surface area contributed by atoms with E-state index in [9.17, 15) is 4.79 Å². The molecule has 100 valence electrons. The Morgan fingerprint density at radius 2 is 2.32 bits per heavy atom. The minimum atomic E-state index is 0.121. The quantitative estimate of drug-likeness (QED) is 0.666. The Bertz CT molecular complexity index is 537. The van der Waals surface area contributed by atoms with Crippen molar-refractivity contribution in [3.8, 4) is 0 Å². The van der Waals surface area contributed by atoms with Crippen LogP contribution in [0.5, 0.6) is 0 Å². The van der Waals surface area contributed by atoms with Gasteiger partial charge < -0.3 is 5.32 Å². The molecule has 0 unspecified atom stereocenters. The molecule has 2 heterocycles. The van der Waals surface area contributed by atoms with Crippen molar-refractivity contribution < 1.29 is 4.79 Å². The molecule has 0 aromatic heterocycles. The number of nitrogens with zero attached hydrogens (tertiary/aromatic N) is 1. The lowest BCUT2D eigenvalue weighted by Crippen LogP contribution is -2.41. The number of carbonyl (C=O) groups is 1. The maximum Gasteiger partial charge on any atom is 0.145 e. The van der Waals surface area contributed by atoms with Gasteiger partial charge in [-0.3, -0.25) is 9.69 Å². The number of likely N-dealkylation sites (tertiary alicyclic amines) is 1. The van der Waals surface area contributed by atoms with Crippen LogP contribution in [0.4, 0.5) is 5.69 Å². The topological polar surface area (TPSA) is 32.3 Å². The molecule has 0 amide bonds. The molecule has 1 saturated heterocycles. The molecular weight excluding hydrogens is 236 g/mol. The van der Waals surface area contributed by atoms with Crippen LogP contribution in [-0.4, -0.2) is 30.9 Å². The van der Waals surface area contributed by atoms with Gasteiger partial charge in [0, 0.05) is 17.6 Å². The first-order valence-corrected chi connectivity index (χ1v) is 6.85. The van der Waals surface area contributed by atoms with Crippen molar-refractivity contribution >= 4 is 12.0 Å². The van der Waals surface area contributed by atoms with Crippen LogP contribution in [0.2, 0.25) is 0 Å². The van der Waals surface area contributed by atoms with E-state index < -0.39 is 0 Å². The molecule has 1 aromatic rings. The van der Waals surface area contributed by atoms with Gasteiger partial charge in [-0.1, -0.05) is 24.3 Å². The average molecular weight is 256 g/mol. The molecule has 19 heavy (non-hydrogen) atoms. The molecule has 1 fully saturated rings. The van der Waals surface area contributed by atoms with E-state index in [2.05, 4.69) is 47.6 Å². The number of benzene rings is 1. The number of allylic oxidation sites excluding steroid dienone is 2. The fourth-order valence-electron chi connectivity index (χ4n) is 3.50. The zero-order chi connectivity index (χ0) is 13.5. The predicted octanol–water partition coefficient (Wildman–Crippen LogP) is 2.55. The summed E-state index contributed by atoms with van der Waals surface area (Å²) in [4.78, 5) is 13.2. The van der Waals surface area contributed by atoms with Crippen LogP contribution in [0.1, 0.15) is 25.3 Å². The zero-order valence-electron chi connectivity index (χ0n) is 11.5. The average Bonchev–Trinajstić information content (AvgIpc) is 2.92. The summed E-state index contributed by atoms with van der Waals surface area (Å²) in [6.07, 6.45) is 5.44. The van der Waals surface area contributed by atoms with Crippen molar-refractivity contribution in [3.05, 3.63) is 41.5 Å². The first-order chi connectivity index (χ1) is 9.17. The van der Waals surface area contributed by atoms with Gasteiger partial charge in [-0.05, 0) is 44.0 Å². The van der Waals surface area contributed by atoms with E-state index in [1.165, 1.54) is 11.3 Å². The van der Waals surface area contributed by atoms with Crippen LogP contribution in [0.15, 0.2) is 35.9 Å². The lowest BCUT2D eigenvalue weighted by molar-refractivity contribution is -0.104. The molecule has 0 saturated carbocycles. The highest BCUT2D eigenvalue weighted by Crippen LogP contribution is 2.50. The number of rotatable bonds is 3. The standard InChI is InChI=1S/C16H20N2O/c1-12(11-19)7-8-16-9-10-18(2)15(16)17-14-6-4-3-5-13(14)16/h3-7,11,15,17H,8-10H2,1-2H3/b12-7+/t15-,16-/m0/s1. The summed E-state index contributed by atoms with van der Waals surface area (Å²) >= 11 is 0. The van der Waals surface area contributed by atoms with Crippen LogP contribution in [0.3, 0.4) is 0 Å². The molecule has 2 aliphatic heterocycles. The first kappa shape index (κ1) is 12.4. The van der Waals surface area contributed by atoms with Gasteiger partial charge in [-0.2, -0.15) is 0 Å². The molecule has 3 heteroatoms. The van der Waals surface area contributed by atoms with Gasteiger partial charge in [-0.25, -0.2) is 0 Å². The maximum atomic E-state index is 10.8. The summed E-state index contributed by atoms with van der Waals surface area (Å²) in [5.41, 5.74) is 3.60. The van der Waals surface area contributed by atoms with Gasteiger partial charge >= 0.3 is 0 Å². The van der Waals surface area contributed by atoms with Crippen LogP contribution in [0, 0.1) is 0 Å². The molecule has 1 aromatic carbocycles. The molecule has 2 aliphatic rings. The smallest absolute Gasteiger partial charge is 0.145 e. The van der Waals surface area contributed by atoms with Crippen LogP contribution < -0.4 is 5.32 Å². The number of hydrogen-bond acceptors (Lipinski definition) is 3. The van der Waals surface area contributed by atoms with E-state index in [1.54, 1.807) is 0 Å². The Balaban J connectivity index is 2.02. The van der Waals surface area contributed by atoms with Gasteiger partial charge in [0.05, 0.1) is 6.17 Å². The third-order valence-corrected chi connectivity index (χ3v) is 4.60. The highest BCUT2D eigenvalue weighted by molar-refractivity contribution is 5.72. The molecule has 0 aliphatic carbocycles. The van der Waals surface area contributed by atoms with Crippen molar-refractivity contribution in [2.24, 2.45) is 0 Å². The Kier molecular flexibility index (Phi) is 2.94. The number of likely N-dealkylation sites (N-methyl/N-ethyl adjacent to an activating group) is 1. The number of fused-ring (bicyclic) bond motifs is 3. The highest BCUT2D eigenvalue weighted by Gasteiger charge is 2.51. The lowest BCUT2D eigenvalue weighted by Gasteiger charge is -2.30. The fourth-order valence-corrected chi connectivity index (χ4v) is 3.50. The molecular formula is C16H20N2O. The Morgan fingerprint density at radius 1 is 1.53 bits per heavy atom. The van der Waals surface area contributed by atoms with Crippen molar-refractivity contribution in [2.45, 2.75) is 31.3 Å². The summed E-state index contributed by atoms with van der Waals surface area (Å²) in [7, 11) is 2.17. The number of nitrogens with one attached hydrogen (secondary N) is 1. The predicted molar refractivity (Wildman–Crippen MR) is 77.2 cm³/mol. The van der Waals surface area contributed by atoms with Gasteiger partial charge in [-0.15, -0.1) is 0 Å². The van der Waals surface area contributed by atoms with E-state index in [4.69, 9.17) is 0 Å². The molecule has 0 spiro atoms. The fraction of sp³-hybridized carbons (Fsp3) is 0.438. The van der Waals surface area contributed by atoms with Crippen molar-refractivity contribution in [1.29, 1.82) is 0 Å². The van der Waals surface area contributed by atoms with Crippen LogP contribution >= 0.6 is 0 Å². The zero-order valence-corrected chi connectivity index (χ0v) is 11.5. The minimum absolute atomic E-state index is 0.121. The summed E-state index contributed by atoms with van der Waals surface area (Å²) < 4.78 is 0. The molecule has 3 rings (SSSR count). The SMILES string of the molecule is C/C(C=O)=C\C[C@@]12CCN(C)[C@@H]1Nc1ccccc12. The van der Waals surface area contributed by atoms with E-state index in [-0.39, 0.29) is 5.41 Å². The molecule has 1 N–H and O–H groups in total. The largest absolute Gasteiger partial charge is 0.369 e. The normalized spacial score (nSPS) is 29.8. The Labute approximate surface area is 114 Å². The lowest BCUT2D eigenvalue weighted by atomic mass is 9.76. The van der Waals surface area contributed by atoms with Gasteiger partial charge in [0.25, 0.3) is 0 Å². The third-order valence-electron chi connectivity index (χ3n) is 4.60. The maximum absolute atomic E-state index is 10.8. The minimum Gasteiger partial charge on any atom is -0.369 e. The number of para-hydroxylation sites is 1. The van der Waals surface area contributed by atoms with Crippen LogP contribution in [0.25, 0.3) is 0 Å². The summed E-state index contributed by atoms with van der Waals surface area (Å²) in [6, 6.07) is 8.57. The van der Waals surface area contributed by atoms with Crippen molar-refractivity contribution in [2.75, 3.05) is 18.9 Å². The molecule has 0 radical (unpaired) electrons.